The zero-order chi connectivity index (χ0) is 26.2. The molecule has 38 heavy (non-hydrogen) atoms. The van der Waals surface area contributed by atoms with Gasteiger partial charge in [-0.05, 0) is 11.6 Å². The molecule has 0 radical (unpaired) electrons. The number of carbonyl (C=O) groups is 2. The summed E-state index contributed by atoms with van der Waals surface area (Å²) in [6.45, 7) is 3.22. The lowest BCUT2D eigenvalue weighted by molar-refractivity contribution is 0.0990. The van der Waals surface area contributed by atoms with Crippen molar-refractivity contribution in [2.24, 2.45) is 0 Å². The molecule has 2 aromatic carbocycles. The number of nitrogens with one attached hydrogen (secondary N) is 3. The zero-order valence-electron chi connectivity index (χ0n) is 20.2. The van der Waals surface area contributed by atoms with Crippen LogP contribution in [0.25, 0.3) is 11.1 Å². The monoisotopic (exact) mass is 583 g/mol. The first-order chi connectivity index (χ1) is 18.5. The summed E-state index contributed by atoms with van der Waals surface area (Å²) in [7, 11) is 0. The van der Waals surface area contributed by atoms with Gasteiger partial charge in [0.1, 0.15) is 0 Å². The van der Waals surface area contributed by atoms with Crippen molar-refractivity contribution < 1.29 is 9.59 Å². The van der Waals surface area contributed by atoms with Crippen molar-refractivity contribution in [2.45, 2.75) is 32.4 Å². The van der Waals surface area contributed by atoms with Gasteiger partial charge in [0.15, 0.2) is 15.8 Å². The molecular formula is C27H23Cl2N5O2S2. The molecule has 0 fully saturated rings. The van der Waals surface area contributed by atoms with Crippen LogP contribution in [0.3, 0.4) is 0 Å². The summed E-state index contributed by atoms with van der Waals surface area (Å²) in [5.74, 6) is -0.354. The van der Waals surface area contributed by atoms with Crippen LogP contribution in [0.2, 0.25) is 10.0 Å². The summed E-state index contributed by atoms with van der Waals surface area (Å²) < 4.78 is 0. The normalized spacial score (nSPS) is 14.6. The minimum atomic E-state index is -0.296. The average Bonchev–Trinajstić information content (AvgIpc) is 3.56. The maximum Gasteiger partial charge on any atom is 0.284 e. The second-order valence-electron chi connectivity index (χ2n) is 9.13. The molecule has 4 aromatic rings. The Balaban J connectivity index is 1.23. The summed E-state index contributed by atoms with van der Waals surface area (Å²) in [6.07, 6.45) is 1.79. The minimum Gasteiger partial charge on any atom is -0.319 e. The number of halogens is 2. The number of ketones is 1. The van der Waals surface area contributed by atoms with E-state index in [0.29, 0.717) is 42.4 Å². The van der Waals surface area contributed by atoms with E-state index < -0.39 is 0 Å². The number of carbonyl (C=O) groups excluding carboxylic acids is 2. The van der Waals surface area contributed by atoms with Crippen LogP contribution < -0.4 is 16.0 Å². The third-order valence-electron chi connectivity index (χ3n) is 6.60. The summed E-state index contributed by atoms with van der Waals surface area (Å²) in [5.41, 5.74) is 4.52. The smallest absolute Gasteiger partial charge is 0.284 e. The first-order valence-corrected chi connectivity index (χ1v) is 14.7. The van der Waals surface area contributed by atoms with Gasteiger partial charge in [-0.2, -0.15) is 0 Å². The summed E-state index contributed by atoms with van der Waals surface area (Å²) >= 11 is 16.4. The Morgan fingerprint density at radius 3 is 2.13 bits per heavy atom. The number of anilines is 1. The fraction of sp³-hybridized carbons (Fsp3) is 0.259. The molecule has 1 amide bonds. The molecule has 2 aromatic heterocycles. The van der Waals surface area contributed by atoms with Crippen LogP contribution in [0.4, 0.5) is 5.69 Å². The van der Waals surface area contributed by atoms with Gasteiger partial charge in [0.05, 0.1) is 27.1 Å². The highest BCUT2D eigenvalue weighted by atomic mass is 35.5. The third kappa shape index (κ3) is 5.02. The molecule has 0 saturated carbocycles. The van der Waals surface area contributed by atoms with E-state index in [9.17, 15) is 9.59 Å². The molecule has 2 aliphatic rings. The highest BCUT2D eigenvalue weighted by Crippen LogP contribution is 2.39. The summed E-state index contributed by atoms with van der Waals surface area (Å²) in [4.78, 5) is 37.3. The number of hydrogen-bond acceptors (Lipinski definition) is 8. The van der Waals surface area contributed by atoms with Gasteiger partial charge in [0.25, 0.3) is 5.91 Å². The number of aromatic nitrogens is 2. The number of fused-ring (bicyclic) bond motifs is 2. The maximum atomic E-state index is 13.1. The van der Waals surface area contributed by atoms with Crippen LogP contribution in [-0.4, -0.2) is 34.7 Å². The molecule has 0 saturated heterocycles. The number of rotatable bonds is 6. The molecule has 0 spiro atoms. The van der Waals surface area contributed by atoms with Gasteiger partial charge < -0.3 is 16.0 Å². The van der Waals surface area contributed by atoms with Crippen molar-refractivity contribution in [3.63, 3.8) is 0 Å². The van der Waals surface area contributed by atoms with Gasteiger partial charge in [-0.15, -0.1) is 22.7 Å². The van der Waals surface area contributed by atoms with Crippen LogP contribution in [0.15, 0.2) is 36.4 Å². The van der Waals surface area contributed by atoms with Crippen molar-refractivity contribution in [1.82, 2.24) is 20.6 Å². The average molecular weight is 585 g/mol. The van der Waals surface area contributed by atoms with Gasteiger partial charge in [-0.3, -0.25) is 9.59 Å². The fourth-order valence-corrected chi connectivity index (χ4v) is 7.21. The number of amides is 1. The van der Waals surface area contributed by atoms with E-state index in [2.05, 4.69) is 25.9 Å². The minimum absolute atomic E-state index is 0.0584. The molecule has 0 atom stereocenters. The van der Waals surface area contributed by atoms with Crippen LogP contribution in [0.1, 0.15) is 46.3 Å². The van der Waals surface area contributed by atoms with E-state index in [1.165, 1.54) is 22.7 Å². The van der Waals surface area contributed by atoms with Crippen LogP contribution in [-0.2, 0) is 32.4 Å². The number of nitrogens with zero attached hydrogens (tertiary/aromatic N) is 2. The van der Waals surface area contributed by atoms with Crippen molar-refractivity contribution >= 4 is 63.3 Å². The SMILES string of the molecule is O=C(Cc1cccc(-c2cccc(NC(=O)c3nc4c(s3)CNCC4)c2Cl)c1Cl)c1nc2c(s1)CNCC2. The highest BCUT2D eigenvalue weighted by Gasteiger charge is 2.23. The Morgan fingerprint density at radius 2 is 1.45 bits per heavy atom. The van der Waals surface area contributed by atoms with Crippen LogP contribution in [0, 0.1) is 0 Å². The molecule has 7 nitrogen and oxygen atoms in total. The standard InChI is InChI=1S/C27H23Cl2N5O2S2/c28-23-14(11-20(35)26-33-17-7-9-30-12-21(17)37-26)3-1-4-15(23)16-5-2-6-19(24(16)29)32-25(36)27-34-18-8-10-31-13-22(18)38-27/h1-6,30-31H,7-13H2,(H,32,36). The fourth-order valence-electron chi connectivity index (χ4n) is 4.65. The lowest BCUT2D eigenvalue weighted by Crippen LogP contribution is -2.22. The van der Waals surface area contributed by atoms with Gasteiger partial charge in [-0.25, -0.2) is 9.97 Å². The van der Waals surface area contributed by atoms with Gasteiger partial charge >= 0.3 is 0 Å². The summed E-state index contributed by atoms with van der Waals surface area (Å²) in [5, 5.41) is 11.3. The van der Waals surface area contributed by atoms with E-state index in [-0.39, 0.29) is 18.1 Å². The van der Waals surface area contributed by atoms with Gasteiger partial charge in [0, 0.05) is 66.3 Å². The quantitative estimate of drug-likeness (QED) is 0.258. The zero-order valence-corrected chi connectivity index (χ0v) is 23.3. The molecule has 11 heteroatoms. The van der Waals surface area contributed by atoms with Gasteiger partial charge in [-0.1, -0.05) is 53.5 Å². The molecule has 6 rings (SSSR count). The largest absolute Gasteiger partial charge is 0.319 e. The Hall–Kier alpha value is -2.66. The van der Waals surface area contributed by atoms with Crippen molar-refractivity contribution in [3.8, 4) is 11.1 Å². The van der Waals surface area contributed by atoms with E-state index >= 15 is 0 Å². The molecular weight excluding hydrogens is 561 g/mol. The maximum absolute atomic E-state index is 13.1. The Kier molecular flexibility index (Phi) is 7.31. The Bertz CT molecular complexity index is 1400. The molecule has 0 bridgehead atoms. The predicted octanol–water partition coefficient (Wildman–Crippen LogP) is 5.54. The lowest BCUT2D eigenvalue weighted by atomic mass is 9.99. The first-order valence-electron chi connectivity index (χ1n) is 12.3. The van der Waals surface area contributed by atoms with Crippen molar-refractivity contribution in [2.75, 3.05) is 18.4 Å². The molecule has 0 unspecified atom stereocenters. The van der Waals surface area contributed by atoms with E-state index in [0.717, 1.165) is 60.2 Å². The lowest BCUT2D eigenvalue weighted by Gasteiger charge is -2.13. The predicted molar refractivity (Wildman–Crippen MR) is 153 cm³/mol. The summed E-state index contributed by atoms with van der Waals surface area (Å²) in [6, 6.07) is 11.0. The number of thiazole rings is 2. The molecule has 0 aliphatic carbocycles. The van der Waals surface area contributed by atoms with Gasteiger partial charge in [0.2, 0.25) is 0 Å². The number of Topliss-reactive ketones (excluding diaryl/α,β-unsaturated/α-hetero) is 1. The number of benzene rings is 2. The second-order valence-corrected chi connectivity index (χ2v) is 12.1. The number of hydrogen-bond donors (Lipinski definition) is 3. The van der Waals surface area contributed by atoms with Crippen molar-refractivity contribution in [1.29, 1.82) is 0 Å². The van der Waals surface area contributed by atoms with E-state index in [1.54, 1.807) is 6.07 Å². The first kappa shape index (κ1) is 25.6. The molecule has 2 aliphatic heterocycles. The Labute approximate surface area is 237 Å². The topological polar surface area (TPSA) is 96.0 Å². The Morgan fingerprint density at radius 1 is 0.842 bits per heavy atom. The highest BCUT2D eigenvalue weighted by molar-refractivity contribution is 7.14. The van der Waals surface area contributed by atoms with Crippen molar-refractivity contribution in [3.05, 3.63) is 83.2 Å². The van der Waals surface area contributed by atoms with Crippen LogP contribution >= 0.6 is 45.9 Å². The molecule has 3 N–H and O–H groups in total. The molecule has 194 valence electrons. The second kappa shape index (κ2) is 10.8. The van der Waals surface area contributed by atoms with E-state index in [1.807, 2.05) is 30.3 Å². The van der Waals surface area contributed by atoms with Crippen LogP contribution in [0.5, 0.6) is 0 Å². The third-order valence-corrected chi connectivity index (χ3v) is 9.69. The van der Waals surface area contributed by atoms with E-state index in [4.69, 9.17) is 23.2 Å². The molecule has 4 heterocycles.